The molecule has 1 aliphatic heterocycles. The molecule has 2 aromatic carbocycles. The predicted octanol–water partition coefficient (Wildman–Crippen LogP) is 6.72. The first-order valence-corrected chi connectivity index (χ1v) is 12.6. The molecule has 1 N–H and O–H groups in total. The highest BCUT2D eigenvalue weighted by molar-refractivity contribution is 6.30. The van der Waals surface area contributed by atoms with Gasteiger partial charge in [0, 0.05) is 22.0 Å². The zero-order chi connectivity index (χ0) is 23.3. The second kappa shape index (κ2) is 8.63. The van der Waals surface area contributed by atoms with Gasteiger partial charge in [0.15, 0.2) is 0 Å². The minimum Gasteiger partial charge on any atom is -0.481 e. The Balaban J connectivity index is 1.68. The van der Waals surface area contributed by atoms with Gasteiger partial charge >= 0.3 is 5.97 Å². The Morgan fingerprint density at radius 1 is 1.03 bits per heavy atom. The lowest BCUT2D eigenvalue weighted by atomic mass is 9.66. The predicted molar refractivity (Wildman–Crippen MR) is 129 cm³/mol. The summed E-state index contributed by atoms with van der Waals surface area (Å²) < 4.78 is 0. The first-order chi connectivity index (χ1) is 15.8. The summed E-state index contributed by atoms with van der Waals surface area (Å²) in [4.78, 5) is 28.2. The van der Waals surface area contributed by atoms with E-state index in [2.05, 4.69) is 11.0 Å². The average Bonchev–Trinajstić information content (AvgIpc) is 3.67. The second-order valence-electron chi connectivity index (χ2n) is 10.4. The van der Waals surface area contributed by atoms with Crippen LogP contribution in [0.15, 0.2) is 48.5 Å². The summed E-state index contributed by atoms with van der Waals surface area (Å²) in [6, 6.07) is 15.6. The topological polar surface area (TPSA) is 57.6 Å². The Bertz CT molecular complexity index is 1050. The molecule has 1 heterocycles. The molecule has 6 heteroatoms. The number of halogens is 2. The molecule has 3 aliphatic rings. The maximum atomic E-state index is 14.2. The number of rotatable bonds is 7. The van der Waals surface area contributed by atoms with Gasteiger partial charge in [-0.05, 0) is 79.3 Å². The first-order valence-electron chi connectivity index (χ1n) is 11.8. The zero-order valence-corrected chi connectivity index (χ0v) is 20.2. The second-order valence-corrected chi connectivity index (χ2v) is 11.2. The van der Waals surface area contributed by atoms with Crippen molar-refractivity contribution in [2.75, 3.05) is 0 Å². The Morgan fingerprint density at radius 2 is 1.67 bits per heavy atom. The van der Waals surface area contributed by atoms with Gasteiger partial charge in [-0.15, -0.1) is 0 Å². The van der Waals surface area contributed by atoms with Crippen LogP contribution in [0, 0.1) is 17.3 Å². The molecule has 0 aromatic heterocycles. The third-order valence-electron chi connectivity index (χ3n) is 7.66. The smallest absolute Gasteiger partial charge is 0.304 e. The number of aliphatic carboxylic acids is 1. The van der Waals surface area contributed by atoms with E-state index in [0.717, 1.165) is 36.8 Å². The summed E-state index contributed by atoms with van der Waals surface area (Å²) in [7, 11) is 0. The van der Waals surface area contributed by atoms with Crippen LogP contribution in [0.25, 0.3) is 0 Å². The standard InChI is InChI=1S/C27H29Cl2NO3/c1-27(15-23(31)32)14-22(19-3-2-4-21(29)13-19)25(18-9-11-20(28)12-10-18)30(26(27)33)24(16-5-6-16)17-7-8-17/h2-4,9-13,16-17,22,24-25H,5-8,14-15H2,1H3,(H,31,32)/t22?,25?,27-/m0/s1. The van der Waals surface area contributed by atoms with E-state index in [9.17, 15) is 14.7 Å². The SMILES string of the molecule is C[C@@]1(CC(=O)O)CC(c2cccc(Cl)c2)C(c2ccc(Cl)cc2)N(C(C2CC2)C2CC2)C1=O. The Hall–Kier alpha value is -2.04. The summed E-state index contributed by atoms with van der Waals surface area (Å²) >= 11 is 12.6. The van der Waals surface area contributed by atoms with Crippen LogP contribution < -0.4 is 0 Å². The lowest BCUT2D eigenvalue weighted by molar-refractivity contribution is -0.161. The number of carbonyl (C=O) groups excluding carboxylic acids is 1. The molecule has 3 fully saturated rings. The first kappa shape index (κ1) is 22.7. The van der Waals surface area contributed by atoms with Crippen molar-refractivity contribution in [2.24, 2.45) is 17.3 Å². The number of piperidine rings is 1. The summed E-state index contributed by atoms with van der Waals surface area (Å²) in [5.41, 5.74) is 1.12. The molecule has 0 bridgehead atoms. The fraction of sp³-hybridized carbons (Fsp3) is 0.481. The van der Waals surface area contributed by atoms with Crippen LogP contribution in [0.4, 0.5) is 0 Å². The van der Waals surface area contributed by atoms with E-state index in [1.165, 1.54) is 0 Å². The third-order valence-corrected chi connectivity index (χ3v) is 8.15. The molecule has 1 amide bonds. The van der Waals surface area contributed by atoms with E-state index >= 15 is 0 Å². The molecule has 0 spiro atoms. The maximum absolute atomic E-state index is 14.2. The molecule has 5 rings (SSSR count). The highest BCUT2D eigenvalue weighted by Gasteiger charge is 2.57. The van der Waals surface area contributed by atoms with Gasteiger partial charge < -0.3 is 10.0 Å². The number of hydrogen-bond donors (Lipinski definition) is 1. The summed E-state index contributed by atoms with van der Waals surface area (Å²) in [5, 5.41) is 11.0. The number of amides is 1. The van der Waals surface area contributed by atoms with Gasteiger partial charge in [-0.2, -0.15) is 0 Å². The number of nitrogens with zero attached hydrogens (tertiary/aromatic N) is 1. The van der Waals surface area contributed by atoms with E-state index in [0.29, 0.717) is 28.3 Å². The van der Waals surface area contributed by atoms with E-state index in [-0.39, 0.29) is 30.3 Å². The minimum atomic E-state index is -0.968. The highest BCUT2D eigenvalue weighted by atomic mass is 35.5. The van der Waals surface area contributed by atoms with E-state index in [1.807, 2.05) is 49.4 Å². The fourth-order valence-corrected chi connectivity index (χ4v) is 6.25. The van der Waals surface area contributed by atoms with Crippen LogP contribution in [-0.2, 0) is 9.59 Å². The molecule has 2 unspecified atom stereocenters. The van der Waals surface area contributed by atoms with Crippen LogP contribution in [0.1, 0.15) is 68.5 Å². The molecule has 3 atom stereocenters. The molecular weight excluding hydrogens is 457 g/mol. The molecule has 33 heavy (non-hydrogen) atoms. The van der Waals surface area contributed by atoms with Crippen LogP contribution in [0.2, 0.25) is 10.0 Å². The van der Waals surface area contributed by atoms with Crippen molar-refractivity contribution in [1.29, 1.82) is 0 Å². The quantitative estimate of drug-likeness (QED) is 0.473. The highest BCUT2D eigenvalue weighted by Crippen LogP contribution is 2.57. The van der Waals surface area contributed by atoms with Crippen molar-refractivity contribution in [3.63, 3.8) is 0 Å². The Kier molecular flexibility index (Phi) is 5.95. The molecule has 174 valence electrons. The van der Waals surface area contributed by atoms with Crippen molar-refractivity contribution in [3.8, 4) is 0 Å². The van der Waals surface area contributed by atoms with Crippen molar-refractivity contribution < 1.29 is 14.7 Å². The van der Waals surface area contributed by atoms with Gasteiger partial charge in [0.05, 0.1) is 17.9 Å². The number of hydrogen-bond acceptors (Lipinski definition) is 2. The number of carbonyl (C=O) groups is 2. The van der Waals surface area contributed by atoms with Crippen molar-refractivity contribution >= 4 is 35.1 Å². The maximum Gasteiger partial charge on any atom is 0.304 e. The summed E-state index contributed by atoms with van der Waals surface area (Å²) in [6.07, 6.45) is 4.83. The average molecular weight is 486 g/mol. The van der Waals surface area contributed by atoms with Gasteiger partial charge in [0.2, 0.25) is 5.91 Å². The van der Waals surface area contributed by atoms with E-state index in [4.69, 9.17) is 23.2 Å². The van der Waals surface area contributed by atoms with E-state index in [1.54, 1.807) is 0 Å². The van der Waals surface area contributed by atoms with Gasteiger partial charge in [0.25, 0.3) is 0 Å². The van der Waals surface area contributed by atoms with Gasteiger partial charge in [-0.1, -0.05) is 54.4 Å². The molecule has 2 aliphatic carbocycles. The molecule has 2 aromatic rings. The van der Waals surface area contributed by atoms with Gasteiger partial charge in [-0.3, -0.25) is 9.59 Å². The number of benzene rings is 2. The minimum absolute atomic E-state index is 0.0214. The molecule has 1 saturated heterocycles. The number of carboxylic acids is 1. The fourth-order valence-electron chi connectivity index (χ4n) is 5.92. The van der Waals surface area contributed by atoms with E-state index < -0.39 is 11.4 Å². The molecule has 0 radical (unpaired) electrons. The molecular formula is C27H29Cl2NO3. The van der Waals surface area contributed by atoms with Gasteiger partial charge in [-0.25, -0.2) is 0 Å². The molecule has 2 saturated carbocycles. The van der Waals surface area contributed by atoms with Crippen LogP contribution >= 0.6 is 23.2 Å². The number of carboxylic acid groups (broad SMARTS) is 1. The zero-order valence-electron chi connectivity index (χ0n) is 18.7. The summed E-state index contributed by atoms with van der Waals surface area (Å²) in [6.45, 7) is 1.84. The van der Waals surface area contributed by atoms with Crippen molar-refractivity contribution in [3.05, 3.63) is 69.7 Å². The Morgan fingerprint density at radius 3 is 2.21 bits per heavy atom. The third kappa shape index (κ3) is 4.52. The van der Waals surface area contributed by atoms with Crippen LogP contribution in [-0.4, -0.2) is 27.9 Å². The van der Waals surface area contributed by atoms with Crippen LogP contribution in [0.3, 0.4) is 0 Å². The Labute approximate surface area is 204 Å². The monoisotopic (exact) mass is 485 g/mol. The summed E-state index contributed by atoms with van der Waals surface area (Å²) in [5.74, 6) is -0.0132. The normalized spacial score (nSPS) is 27.8. The van der Waals surface area contributed by atoms with Crippen LogP contribution in [0.5, 0.6) is 0 Å². The van der Waals surface area contributed by atoms with Crippen molar-refractivity contribution in [2.45, 2.75) is 63.5 Å². The number of likely N-dealkylation sites (tertiary alicyclic amines) is 1. The molecule has 4 nitrogen and oxygen atoms in total. The lowest BCUT2D eigenvalue weighted by Crippen LogP contribution is -2.57. The lowest BCUT2D eigenvalue weighted by Gasteiger charge is -2.52. The largest absolute Gasteiger partial charge is 0.481 e. The van der Waals surface area contributed by atoms with Crippen molar-refractivity contribution in [1.82, 2.24) is 4.90 Å². The van der Waals surface area contributed by atoms with Gasteiger partial charge in [0.1, 0.15) is 0 Å².